The first kappa shape index (κ1) is 14.3. The van der Waals surface area contributed by atoms with Crippen LogP contribution in [0.15, 0.2) is 24.3 Å². The van der Waals surface area contributed by atoms with E-state index >= 15 is 0 Å². The van der Waals surface area contributed by atoms with Crippen LogP contribution < -0.4 is 5.73 Å². The number of nitrogens with two attached hydrogens (primary N) is 1. The van der Waals surface area contributed by atoms with E-state index in [1.54, 1.807) is 6.07 Å². The van der Waals surface area contributed by atoms with Gasteiger partial charge in [0.15, 0.2) is 5.78 Å². The van der Waals surface area contributed by atoms with Crippen LogP contribution in [-0.2, 0) is 0 Å². The number of aryl methyl sites for hydroxylation is 5. The number of benzene rings is 2. The van der Waals surface area contributed by atoms with E-state index in [0.717, 1.165) is 27.8 Å². The number of hydrogen-bond donors (Lipinski definition) is 1. The largest absolute Gasteiger partial charge is 0.398 e. The molecule has 0 unspecified atom stereocenters. The first-order valence-electron chi connectivity index (χ1n) is 6.80. The van der Waals surface area contributed by atoms with Gasteiger partial charge in [0, 0.05) is 16.8 Å². The third-order valence-electron chi connectivity index (χ3n) is 3.76. The van der Waals surface area contributed by atoms with Crippen molar-refractivity contribution in [1.82, 2.24) is 0 Å². The molecule has 0 aromatic heterocycles. The molecule has 0 saturated heterocycles. The summed E-state index contributed by atoms with van der Waals surface area (Å²) in [5, 5.41) is 0. The Morgan fingerprint density at radius 3 is 1.90 bits per heavy atom. The monoisotopic (exact) mass is 267 g/mol. The van der Waals surface area contributed by atoms with Crippen molar-refractivity contribution in [2.45, 2.75) is 34.6 Å². The molecule has 20 heavy (non-hydrogen) atoms. The molecule has 0 bridgehead atoms. The van der Waals surface area contributed by atoms with E-state index in [1.807, 2.05) is 52.8 Å². The highest BCUT2D eigenvalue weighted by molar-refractivity contribution is 6.12. The number of carbonyl (C=O) groups excluding carboxylic acids is 1. The Morgan fingerprint density at radius 2 is 1.35 bits per heavy atom. The van der Waals surface area contributed by atoms with Crippen molar-refractivity contribution in [1.29, 1.82) is 0 Å². The van der Waals surface area contributed by atoms with E-state index in [1.165, 1.54) is 5.56 Å². The molecule has 0 fully saturated rings. The quantitative estimate of drug-likeness (QED) is 0.659. The molecule has 104 valence electrons. The van der Waals surface area contributed by atoms with Crippen LogP contribution in [0.1, 0.15) is 43.7 Å². The number of ketones is 1. The predicted octanol–water partition coefficient (Wildman–Crippen LogP) is 4.04. The van der Waals surface area contributed by atoms with Gasteiger partial charge in [0.1, 0.15) is 0 Å². The predicted molar refractivity (Wildman–Crippen MR) is 84.4 cm³/mol. The zero-order valence-electron chi connectivity index (χ0n) is 12.8. The fraction of sp³-hybridized carbons (Fsp3) is 0.278. The van der Waals surface area contributed by atoms with E-state index in [-0.39, 0.29) is 5.78 Å². The maximum atomic E-state index is 12.8. The number of hydrogen-bond acceptors (Lipinski definition) is 2. The molecular formula is C18H21NO. The van der Waals surface area contributed by atoms with Crippen LogP contribution in [0.5, 0.6) is 0 Å². The molecule has 0 aliphatic carbocycles. The van der Waals surface area contributed by atoms with Gasteiger partial charge >= 0.3 is 0 Å². The third kappa shape index (κ3) is 2.46. The minimum atomic E-state index is 0.0594. The molecular weight excluding hydrogens is 246 g/mol. The average Bonchev–Trinajstić information content (AvgIpc) is 2.32. The van der Waals surface area contributed by atoms with Crippen LogP contribution >= 0.6 is 0 Å². The molecule has 2 nitrogen and oxygen atoms in total. The molecule has 0 aliphatic heterocycles. The summed E-state index contributed by atoms with van der Waals surface area (Å²) < 4.78 is 0. The van der Waals surface area contributed by atoms with Gasteiger partial charge in [-0.05, 0) is 62.9 Å². The summed E-state index contributed by atoms with van der Waals surface area (Å²) in [5.41, 5.74) is 13.3. The van der Waals surface area contributed by atoms with Crippen molar-refractivity contribution in [2.24, 2.45) is 0 Å². The fourth-order valence-electron chi connectivity index (χ4n) is 2.79. The lowest BCUT2D eigenvalue weighted by Gasteiger charge is -2.13. The molecule has 2 heteroatoms. The van der Waals surface area contributed by atoms with Gasteiger partial charge in [0.2, 0.25) is 0 Å². The maximum Gasteiger partial charge on any atom is 0.193 e. The van der Waals surface area contributed by atoms with Crippen LogP contribution in [0.3, 0.4) is 0 Å². The number of carbonyl (C=O) groups is 1. The van der Waals surface area contributed by atoms with E-state index < -0.39 is 0 Å². The minimum absolute atomic E-state index is 0.0594. The molecule has 2 rings (SSSR count). The van der Waals surface area contributed by atoms with Gasteiger partial charge in [0.05, 0.1) is 0 Å². The van der Waals surface area contributed by atoms with Crippen LogP contribution in [0.25, 0.3) is 0 Å². The van der Waals surface area contributed by atoms with Crippen LogP contribution in [0.4, 0.5) is 5.69 Å². The highest BCUT2D eigenvalue weighted by atomic mass is 16.1. The Morgan fingerprint density at radius 1 is 0.800 bits per heavy atom. The van der Waals surface area contributed by atoms with Gasteiger partial charge in [-0.3, -0.25) is 4.79 Å². The lowest BCUT2D eigenvalue weighted by molar-refractivity contribution is 0.103. The van der Waals surface area contributed by atoms with Crippen molar-refractivity contribution < 1.29 is 4.79 Å². The van der Waals surface area contributed by atoms with Gasteiger partial charge in [-0.25, -0.2) is 0 Å². The second-order valence-electron chi connectivity index (χ2n) is 5.63. The smallest absolute Gasteiger partial charge is 0.193 e. The summed E-state index contributed by atoms with van der Waals surface area (Å²) in [7, 11) is 0. The Balaban J connectivity index is 2.61. The fourth-order valence-corrected chi connectivity index (χ4v) is 2.79. The molecule has 0 atom stereocenters. The minimum Gasteiger partial charge on any atom is -0.398 e. The van der Waals surface area contributed by atoms with Crippen molar-refractivity contribution in [3.8, 4) is 0 Å². The van der Waals surface area contributed by atoms with E-state index in [9.17, 15) is 4.79 Å². The second-order valence-corrected chi connectivity index (χ2v) is 5.63. The first-order chi connectivity index (χ1) is 9.31. The summed E-state index contributed by atoms with van der Waals surface area (Å²) >= 11 is 0. The zero-order valence-corrected chi connectivity index (χ0v) is 12.8. The summed E-state index contributed by atoms with van der Waals surface area (Å²) in [6.07, 6.45) is 0. The van der Waals surface area contributed by atoms with Gasteiger partial charge in [-0.15, -0.1) is 0 Å². The molecule has 2 aromatic carbocycles. The Hall–Kier alpha value is -2.09. The molecule has 0 spiro atoms. The van der Waals surface area contributed by atoms with Crippen LogP contribution in [-0.4, -0.2) is 5.78 Å². The highest BCUT2D eigenvalue weighted by Gasteiger charge is 2.17. The van der Waals surface area contributed by atoms with E-state index in [4.69, 9.17) is 5.73 Å². The van der Waals surface area contributed by atoms with Crippen molar-refractivity contribution in [3.63, 3.8) is 0 Å². The number of rotatable bonds is 2. The normalized spacial score (nSPS) is 10.7. The second kappa shape index (κ2) is 5.12. The topological polar surface area (TPSA) is 43.1 Å². The van der Waals surface area contributed by atoms with Gasteiger partial charge in [-0.2, -0.15) is 0 Å². The SMILES string of the molecule is Cc1cc(C)c(C(=O)c2cc(N)c(C)cc2C)c(C)c1. The molecule has 0 heterocycles. The summed E-state index contributed by atoms with van der Waals surface area (Å²) in [6.45, 7) is 9.93. The summed E-state index contributed by atoms with van der Waals surface area (Å²) in [4.78, 5) is 12.8. The summed E-state index contributed by atoms with van der Waals surface area (Å²) in [5.74, 6) is 0.0594. The van der Waals surface area contributed by atoms with E-state index in [0.29, 0.717) is 11.3 Å². The molecule has 0 saturated carbocycles. The molecule has 0 radical (unpaired) electrons. The van der Waals surface area contributed by atoms with Gasteiger partial charge in [0.25, 0.3) is 0 Å². The zero-order chi connectivity index (χ0) is 15.0. The summed E-state index contributed by atoms with van der Waals surface area (Å²) in [6, 6.07) is 7.87. The molecule has 2 N–H and O–H groups in total. The Labute approximate surface area is 120 Å². The number of anilines is 1. The van der Waals surface area contributed by atoms with Crippen molar-refractivity contribution in [2.75, 3.05) is 5.73 Å². The Bertz CT molecular complexity index is 676. The lowest BCUT2D eigenvalue weighted by Crippen LogP contribution is -2.09. The van der Waals surface area contributed by atoms with Crippen LogP contribution in [0, 0.1) is 34.6 Å². The maximum absolute atomic E-state index is 12.8. The number of nitrogen functional groups attached to an aromatic ring is 1. The van der Waals surface area contributed by atoms with Crippen molar-refractivity contribution >= 4 is 11.5 Å². The molecule has 0 amide bonds. The standard InChI is InChI=1S/C18H21NO/c1-10-6-13(4)17(14(5)7-10)18(20)15-9-16(19)12(3)8-11(15)2/h6-9H,19H2,1-5H3. The molecule has 0 aliphatic rings. The van der Waals surface area contributed by atoms with Gasteiger partial charge in [-0.1, -0.05) is 23.8 Å². The average molecular weight is 267 g/mol. The highest BCUT2D eigenvalue weighted by Crippen LogP contribution is 2.24. The van der Waals surface area contributed by atoms with Crippen molar-refractivity contribution in [3.05, 3.63) is 63.2 Å². The lowest BCUT2D eigenvalue weighted by atomic mass is 9.90. The Kier molecular flexibility index (Phi) is 3.67. The molecule has 2 aromatic rings. The third-order valence-corrected chi connectivity index (χ3v) is 3.76. The van der Waals surface area contributed by atoms with E-state index in [2.05, 4.69) is 0 Å². The van der Waals surface area contributed by atoms with Crippen LogP contribution in [0.2, 0.25) is 0 Å². The van der Waals surface area contributed by atoms with Gasteiger partial charge < -0.3 is 5.73 Å². The first-order valence-corrected chi connectivity index (χ1v) is 6.80.